The number of fused-ring (bicyclic) bond motifs is 3. The number of para-hydroxylation sites is 2. The normalized spacial score (nSPS) is 16.3. The zero-order valence-electron chi connectivity index (χ0n) is 16.0. The second-order valence-electron chi connectivity index (χ2n) is 7.65. The molecule has 140 valence electrons. The van der Waals surface area contributed by atoms with Crippen LogP contribution in [0.15, 0.2) is 97.1 Å². The van der Waals surface area contributed by atoms with Crippen molar-refractivity contribution in [3.05, 3.63) is 103 Å². The number of hydrazine groups is 1. The van der Waals surface area contributed by atoms with Crippen LogP contribution in [0.3, 0.4) is 0 Å². The van der Waals surface area contributed by atoms with Gasteiger partial charge in [0.05, 0.1) is 23.8 Å². The maximum atomic E-state index is 3.67. The average molecular weight is 375 g/mol. The van der Waals surface area contributed by atoms with Gasteiger partial charge in [-0.25, -0.2) is 5.43 Å². The number of hydrogen-bond acceptors (Lipinski definition) is 2. The monoisotopic (exact) mass is 375 g/mol. The molecule has 3 heteroatoms. The van der Waals surface area contributed by atoms with Crippen LogP contribution in [0.4, 0.5) is 5.69 Å². The lowest BCUT2D eigenvalue weighted by Crippen LogP contribution is -2.56. The standard InChI is InChI=1S/C26H21N3/c1-3-9-18(10-4-1)19-15-22-21-13-7-8-14-24(21)27-26(22)23(16-19)25-17-29(28-25)20-11-5-2-6-12-20/h1-16,25,27-28H,17H2. The lowest BCUT2D eigenvalue weighted by atomic mass is 9.94. The molecule has 1 aliphatic heterocycles. The Hall–Kier alpha value is -3.56. The number of anilines is 1. The van der Waals surface area contributed by atoms with Gasteiger partial charge >= 0.3 is 0 Å². The molecule has 3 nitrogen and oxygen atoms in total. The first-order valence-electron chi connectivity index (χ1n) is 10.1. The van der Waals surface area contributed by atoms with E-state index >= 15 is 0 Å². The van der Waals surface area contributed by atoms with E-state index in [2.05, 4.69) is 112 Å². The Balaban J connectivity index is 1.48. The van der Waals surface area contributed by atoms with E-state index in [1.165, 1.54) is 44.2 Å². The summed E-state index contributed by atoms with van der Waals surface area (Å²) in [5.74, 6) is 0. The van der Waals surface area contributed by atoms with Gasteiger partial charge in [-0.2, -0.15) is 0 Å². The van der Waals surface area contributed by atoms with E-state index in [-0.39, 0.29) is 6.04 Å². The summed E-state index contributed by atoms with van der Waals surface area (Å²) in [5.41, 5.74) is 11.1. The fourth-order valence-electron chi connectivity index (χ4n) is 4.36. The molecule has 0 saturated carbocycles. The van der Waals surface area contributed by atoms with E-state index in [0.29, 0.717) is 0 Å². The number of aromatic amines is 1. The number of H-pyrrole nitrogens is 1. The smallest absolute Gasteiger partial charge is 0.0723 e. The number of nitrogens with one attached hydrogen (secondary N) is 2. The molecule has 1 atom stereocenters. The summed E-state index contributed by atoms with van der Waals surface area (Å²) in [6, 6.07) is 34.7. The van der Waals surface area contributed by atoms with Crippen molar-refractivity contribution in [2.24, 2.45) is 0 Å². The van der Waals surface area contributed by atoms with Gasteiger partial charge in [0.25, 0.3) is 0 Å². The summed E-state index contributed by atoms with van der Waals surface area (Å²) in [6.45, 7) is 0.951. The van der Waals surface area contributed by atoms with Gasteiger partial charge in [-0.05, 0) is 47.0 Å². The lowest BCUT2D eigenvalue weighted by Gasteiger charge is -2.42. The highest BCUT2D eigenvalue weighted by molar-refractivity contribution is 6.09. The fourth-order valence-corrected chi connectivity index (χ4v) is 4.36. The first-order valence-corrected chi connectivity index (χ1v) is 10.1. The number of hydrogen-bond donors (Lipinski definition) is 2. The molecule has 0 radical (unpaired) electrons. The molecular weight excluding hydrogens is 354 g/mol. The number of aromatic nitrogens is 1. The van der Waals surface area contributed by atoms with Crippen LogP contribution in [-0.4, -0.2) is 11.5 Å². The molecule has 0 aliphatic carbocycles. The molecular formula is C26H21N3. The van der Waals surface area contributed by atoms with Gasteiger partial charge < -0.3 is 9.99 Å². The van der Waals surface area contributed by atoms with Gasteiger partial charge in [0, 0.05) is 16.3 Å². The van der Waals surface area contributed by atoms with E-state index in [4.69, 9.17) is 0 Å². The van der Waals surface area contributed by atoms with E-state index in [9.17, 15) is 0 Å². The van der Waals surface area contributed by atoms with Crippen molar-refractivity contribution in [3.8, 4) is 11.1 Å². The summed E-state index contributed by atoms with van der Waals surface area (Å²) in [6.07, 6.45) is 0. The zero-order chi connectivity index (χ0) is 19.2. The van der Waals surface area contributed by atoms with Crippen molar-refractivity contribution >= 4 is 27.5 Å². The molecule has 0 spiro atoms. The minimum absolute atomic E-state index is 0.287. The maximum Gasteiger partial charge on any atom is 0.0723 e. The lowest BCUT2D eigenvalue weighted by molar-refractivity contribution is 0.385. The first-order chi connectivity index (χ1) is 14.4. The molecule has 29 heavy (non-hydrogen) atoms. The summed E-state index contributed by atoms with van der Waals surface area (Å²) in [4.78, 5) is 3.67. The largest absolute Gasteiger partial charge is 0.354 e. The van der Waals surface area contributed by atoms with Crippen LogP contribution >= 0.6 is 0 Å². The molecule has 1 fully saturated rings. The Kier molecular flexibility index (Phi) is 3.68. The summed E-state index contributed by atoms with van der Waals surface area (Å²) in [5, 5.41) is 4.78. The predicted molar refractivity (Wildman–Crippen MR) is 121 cm³/mol. The molecule has 4 aromatic carbocycles. The van der Waals surface area contributed by atoms with Crippen LogP contribution in [0.5, 0.6) is 0 Å². The van der Waals surface area contributed by atoms with Crippen molar-refractivity contribution in [2.75, 3.05) is 11.6 Å². The van der Waals surface area contributed by atoms with Crippen LogP contribution in [-0.2, 0) is 0 Å². The van der Waals surface area contributed by atoms with Crippen molar-refractivity contribution in [3.63, 3.8) is 0 Å². The highest BCUT2D eigenvalue weighted by atomic mass is 15.6. The molecule has 5 aromatic rings. The number of rotatable bonds is 3. The summed E-state index contributed by atoms with van der Waals surface area (Å²) < 4.78 is 0. The van der Waals surface area contributed by atoms with E-state index in [1.54, 1.807) is 0 Å². The van der Waals surface area contributed by atoms with Crippen molar-refractivity contribution in [1.29, 1.82) is 0 Å². The Morgan fingerprint density at radius 3 is 2.17 bits per heavy atom. The topological polar surface area (TPSA) is 31.1 Å². The zero-order valence-corrected chi connectivity index (χ0v) is 16.0. The summed E-state index contributed by atoms with van der Waals surface area (Å²) >= 11 is 0. The van der Waals surface area contributed by atoms with E-state index < -0.39 is 0 Å². The van der Waals surface area contributed by atoms with E-state index in [0.717, 1.165) is 6.54 Å². The van der Waals surface area contributed by atoms with Crippen molar-refractivity contribution in [2.45, 2.75) is 6.04 Å². The van der Waals surface area contributed by atoms with Gasteiger partial charge in [0.1, 0.15) is 0 Å². The van der Waals surface area contributed by atoms with Gasteiger partial charge in [0.15, 0.2) is 0 Å². The van der Waals surface area contributed by atoms with Crippen LogP contribution in [0, 0.1) is 0 Å². The van der Waals surface area contributed by atoms with Gasteiger partial charge in [-0.1, -0.05) is 66.7 Å². The minimum Gasteiger partial charge on any atom is -0.354 e. The SMILES string of the molecule is c1ccc(-c2cc(C3CN(c4ccccc4)N3)c3[nH]c4ccccc4c3c2)cc1. The predicted octanol–water partition coefficient (Wildman–Crippen LogP) is 6.05. The quantitative estimate of drug-likeness (QED) is 0.402. The Bertz CT molecular complexity index is 1300. The fraction of sp³-hybridized carbons (Fsp3) is 0.0769. The molecule has 0 bridgehead atoms. The average Bonchev–Trinajstić information content (AvgIpc) is 3.13. The number of benzene rings is 4. The Morgan fingerprint density at radius 2 is 1.38 bits per heavy atom. The second-order valence-corrected chi connectivity index (χ2v) is 7.65. The molecule has 1 unspecified atom stereocenters. The van der Waals surface area contributed by atoms with Crippen LogP contribution in [0.2, 0.25) is 0 Å². The molecule has 6 rings (SSSR count). The third kappa shape index (κ3) is 2.71. The number of nitrogens with zero attached hydrogens (tertiary/aromatic N) is 1. The molecule has 0 amide bonds. The minimum atomic E-state index is 0.287. The van der Waals surface area contributed by atoms with Crippen molar-refractivity contribution in [1.82, 2.24) is 10.4 Å². The van der Waals surface area contributed by atoms with Gasteiger partial charge in [0.2, 0.25) is 0 Å². The van der Waals surface area contributed by atoms with Crippen LogP contribution in [0.1, 0.15) is 11.6 Å². The van der Waals surface area contributed by atoms with E-state index in [1.807, 2.05) is 0 Å². The van der Waals surface area contributed by atoms with Crippen LogP contribution < -0.4 is 10.4 Å². The third-order valence-corrected chi connectivity index (χ3v) is 5.87. The second kappa shape index (κ2) is 6.50. The Morgan fingerprint density at radius 1 is 0.690 bits per heavy atom. The maximum absolute atomic E-state index is 3.67. The van der Waals surface area contributed by atoms with Crippen LogP contribution in [0.25, 0.3) is 32.9 Å². The third-order valence-electron chi connectivity index (χ3n) is 5.87. The summed E-state index contributed by atoms with van der Waals surface area (Å²) in [7, 11) is 0. The molecule has 2 heterocycles. The molecule has 1 aliphatic rings. The molecule has 1 aromatic heterocycles. The van der Waals surface area contributed by atoms with Gasteiger partial charge in [-0.3, -0.25) is 0 Å². The van der Waals surface area contributed by atoms with Gasteiger partial charge in [-0.15, -0.1) is 0 Å². The highest BCUT2D eigenvalue weighted by Crippen LogP contribution is 2.37. The van der Waals surface area contributed by atoms with Crippen molar-refractivity contribution < 1.29 is 0 Å². The first kappa shape index (κ1) is 16.4. The molecule has 1 saturated heterocycles. The Labute approximate surface area is 169 Å². The highest BCUT2D eigenvalue weighted by Gasteiger charge is 2.30. The molecule has 2 N–H and O–H groups in total.